The number of thiophene rings is 1. The molecule has 1 aliphatic rings. The van der Waals surface area contributed by atoms with E-state index in [9.17, 15) is 0 Å². The van der Waals surface area contributed by atoms with E-state index < -0.39 is 0 Å². The van der Waals surface area contributed by atoms with Crippen LogP contribution in [0, 0.1) is 11.8 Å². The van der Waals surface area contributed by atoms with E-state index in [-0.39, 0.29) is 0 Å². The number of rotatable bonds is 7. The van der Waals surface area contributed by atoms with E-state index in [1.807, 2.05) is 0 Å². The lowest BCUT2D eigenvalue weighted by Gasteiger charge is -2.13. The summed E-state index contributed by atoms with van der Waals surface area (Å²) in [6.45, 7) is 8.43. The lowest BCUT2D eigenvalue weighted by atomic mass is 10.1. The number of anilines is 2. The highest BCUT2D eigenvalue weighted by Gasteiger charge is 2.27. The van der Waals surface area contributed by atoms with E-state index in [1.165, 1.54) is 23.1 Å². The van der Waals surface area contributed by atoms with Crippen LogP contribution in [-0.4, -0.2) is 23.1 Å². The van der Waals surface area contributed by atoms with Gasteiger partial charge in [0.15, 0.2) is 0 Å². The van der Waals surface area contributed by atoms with Crippen molar-refractivity contribution in [1.29, 1.82) is 0 Å². The van der Waals surface area contributed by atoms with Crippen LogP contribution in [0.25, 0.3) is 10.2 Å². The van der Waals surface area contributed by atoms with Crippen LogP contribution < -0.4 is 10.6 Å². The Morgan fingerprint density at radius 3 is 2.76 bits per heavy atom. The smallest absolute Gasteiger partial charge is 0.226 e. The summed E-state index contributed by atoms with van der Waals surface area (Å²) in [5.74, 6) is 3.36. The molecule has 1 fully saturated rings. The zero-order valence-electron chi connectivity index (χ0n) is 13.1. The number of nitrogens with zero attached hydrogens (tertiary/aromatic N) is 2. The first kappa shape index (κ1) is 14.6. The Morgan fingerprint density at radius 2 is 2.10 bits per heavy atom. The maximum absolute atomic E-state index is 4.66. The molecule has 4 nitrogen and oxygen atoms in total. The molecule has 0 amide bonds. The lowest BCUT2D eigenvalue weighted by molar-refractivity contribution is 0.536. The molecule has 1 atom stereocenters. The molecule has 0 radical (unpaired) electrons. The summed E-state index contributed by atoms with van der Waals surface area (Å²) in [5, 5.41) is 7.96. The number of fused-ring (bicyclic) bond motifs is 1. The lowest BCUT2D eigenvalue weighted by Crippen LogP contribution is -2.14. The van der Waals surface area contributed by atoms with Crippen molar-refractivity contribution in [2.24, 2.45) is 11.8 Å². The first-order chi connectivity index (χ1) is 10.2. The highest BCUT2D eigenvalue weighted by atomic mass is 32.1. The Hall–Kier alpha value is -1.36. The molecule has 0 aromatic carbocycles. The Labute approximate surface area is 130 Å². The van der Waals surface area contributed by atoms with E-state index in [0.29, 0.717) is 0 Å². The van der Waals surface area contributed by atoms with Crippen LogP contribution in [0.5, 0.6) is 0 Å². The van der Waals surface area contributed by atoms with Crippen molar-refractivity contribution in [1.82, 2.24) is 9.97 Å². The first-order valence-electron chi connectivity index (χ1n) is 7.99. The molecule has 0 saturated heterocycles. The minimum absolute atomic E-state index is 0.724. The molecule has 0 spiro atoms. The van der Waals surface area contributed by atoms with Gasteiger partial charge in [0.2, 0.25) is 5.95 Å². The van der Waals surface area contributed by atoms with Crippen molar-refractivity contribution in [3.8, 4) is 0 Å². The largest absolute Gasteiger partial charge is 0.369 e. The van der Waals surface area contributed by atoms with Crippen molar-refractivity contribution in [2.75, 3.05) is 23.7 Å². The third-order valence-corrected chi connectivity index (χ3v) is 5.32. The topological polar surface area (TPSA) is 49.8 Å². The Morgan fingerprint density at radius 1 is 1.29 bits per heavy atom. The molecule has 2 aromatic heterocycles. The number of nitrogens with one attached hydrogen (secondary N) is 2. The van der Waals surface area contributed by atoms with Crippen LogP contribution in [0.1, 0.15) is 38.5 Å². The number of aromatic nitrogens is 2. The predicted molar refractivity (Wildman–Crippen MR) is 91.3 cm³/mol. The van der Waals surface area contributed by atoms with Gasteiger partial charge >= 0.3 is 0 Å². The van der Waals surface area contributed by atoms with Crippen LogP contribution in [-0.2, 0) is 6.42 Å². The fourth-order valence-electron chi connectivity index (χ4n) is 2.61. The van der Waals surface area contributed by atoms with Gasteiger partial charge in [0.1, 0.15) is 10.6 Å². The van der Waals surface area contributed by atoms with Gasteiger partial charge < -0.3 is 10.6 Å². The Balaban J connectivity index is 1.87. The zero-order valence-corrected chi connectivity index (χ0v) is 13.9. The van der Waals surface area contributed by atoms with Crippen molar-refractivity contribution < 1.29 is 0 Å². The molecule has 2 N–H and O–H groups in total. The van der Waals surface area contributed by atoms with Gasteiger partial charge in [0.05, 0.1) is 5.39 Å². The van der Waals surface area contributed by atoms with Crippen LogP contribution >= 0.6 is 11.3 Å². The standard InChI is InChI=1S/C16H24N4S/c1-4-12-8-13-14(18-9-10(3)11-6-7-11)19-16(17-5-2)20-15(13)21-12/h8,10-11H,4-7,9H2,1-3H3,(H2,17,18,19,20). The van der Waals surface area contributed by atoms with Gasteiger partial charge in [0, 0.05) is 18.0 Å². The molecule has 1 unspecified atom stereocenters. The Kier molecular flexibility index (Phi) is 4.29. The Bertz CT molecular complexity index is 618. The van der Waals surface area contributed by atoms with E-state index in [4.69, 9.17) is 0 Å². The second-order valence-electron chi connectivity index (χ2n) is 5.91. The minimum atomic E-state index is 0.724. The molecule has 0 aliphatic heterocycles. The van der Waals surface area contributed by atoms with E-state index >= 15 is 0 Å². The summed E-state index contributed by atoms with van der Waals surface area (Å²) in [7, 11) is 0. The quantitative estimate of drug-likeness (QED) is 0.807. The van der Waals surface area contributed by atoms with Crippen molar-refractivity contribution in [3.63, 3.8) is 0 Å². The highest BCUT2D eigenvalue weighted by molar-refractivity contribution is 7.18. The van der Waals surface area contributed by atoms with Gasteiger partial charge in [-0.25, -0.2) is 4.98 Å². The van der Waals surface area contributed by atoms with Crippen LogP contribution in [0.4, 0.5) is 11.8 Å². The third-order valence-electron chi connectivity index (χ3n) is 4.15. The molecule has 3 rings (SSSR count). The summed E-state index contributed by atoms with van der Waals surface area (Å²) in [5.41, 5.74) is 0. The average Bonchev–Trinajstić information content (AvgIpc) is 3.24. The second kappa shape index (κ2) is 6.18. The molecule has 5 heteroatoms. The summed E-state index contributed by atoms with van der Waals surface area (Å²) in [6.07, 6.45) is 3.84. The van der Waals surface area contributed by atoms with Gasteiger partial charge in [-0.15, -0.1) is 11.3 Å². The molecule has 2 heterocycles. The summed E-state index contributed by atoms with van der Waals surface area (Å²) < 4.78 is 0. The third kappa shape index (κ3) is 3.28. The molecular weight excluding hydrogens is 280 g/mol. The minimum Gasteiger partial charge on any atom is -0.369 e. The normalized spacial score (nSPS) is 16.1. The second-order valence-corrected chi connectivity index (χ2v) is 7.02. The number of hydrogen-bond donors (Lipinski definition) is 2. The predicted octanol–water partition coefficient (Wildman–Crippen LogP) is 4.14. The van der Waals surface area contributed by atoms with Crippen molar-refractivity contribution >= 4 is 33.3 Å². The summed E-state index contributed by atoms with van der Waals surface area (Å²) in [4.78, 5) is 11.7. The van der Waals surface area contributed by atoms with Crippen LogP contribution in [0.3, 0.4) is 0 Å². The maximum Gasteiger partial charge on any atom is 0.226 e. The summed E-state index contributed by atoms with van der Waals surface area (Å²) >= 11 is 1.77. The van der Waals surface area contributed by atoms with Crippen molar-refractivity contribution in [3.05, 3.63) is 10.9 Å². The molecule has 1 aliphatic carbocycles. The van der Waals surface area contributed by atoms with Crippen LogP contribution in [0.15, 0.2) is 6.07 Å². The van der Waals surface area contributed by atoms with Crippen LogP contribution in [0.2, 0.25) is 0 Å². The van der Waals surface area contributed by atoms with Gasteiger partial charge in [-0.2, -0.15) is 4.98 Å². The van der Waals surface area contributed by atoms with E-state index in [0.717, 1.165) is 47.9 Å². The van der Waals surface area contributed by atoms with Crippen molar-refractivity contribution in [2.45, 2.75) is 40.0 Å². The molecule has 21 heavy (non-hydrogen) atoms. The molecule has 1 saturated carbocycles. The molecular formula is C16H24N4S. The average molecular weight is 304 g/mol. The fraction of sp³-hybridized carbons (Fsp3) is 0.625. The van der Waals surface area contributed by atoms with Gasteiger partial charge in [-0.05, 0) is 44.1 Å². The van der Waals surface area contributed by atoms with Gasteiger partial charge in [-0.1, -0.05) is 13.8 Å². The summed E-state index contributed by atoms with van der Waals surface area (Å²) in [6, 6.07) is 2.24. The zero-order chi connectivity index (χ0) is 14.8. The molecule has 114 valence electrons. The SMILES string of the molecule is CCNc1nc(NCC(C)C2CC2)c2cc(CC)sc2n1. The molecule has 0 bridgehead atoms. The maximum atomic E-state index is 4.66. The fourth-order valence-corrected chi connectivity index (χ4v) is 3.57. The first-order valence-corrected chi connectivity index (χ1v) is 8.81. The number of aryl methyl sites for hydroxylation is 1. The molecule has 2 aromatic rings. The van der Waals surface area contributed by atoms with Gasteiger partial charge in [-0.3, -0.25) is 0 Å². The van der Waals surface area contributed by atoms with E-state index in [2.05, 4.69) is 47.4 Å². The highest BCUT2D eigenvalue weighted by Crippen LogP contribution is 2.37. The van der Waals surface area contributed by atoms with E-state index in [1.54, 1.807) is 11.3 Å². The number of hydrogen-bond acceptors (Lipinski definition) is 5. The van der Waals surface area contributed by atoms with Gasteiger partial charge in [0.25, 0.3) is 0 Å². The monoisotopic (exact) mass is 304 g/mol.